The highest BCUT2D eigenvalue weighted by Gasteiger charge is 2.34. The van der Waals surface area contributed by atoms with Crippen LogP contribution in [-0.4, -0.2) is 73.6 Å². The van der Waals surface area contributed by atoms with Crippen LogP contribution in [0.15, 0.2) is 97.1 Å². The fraction of sp³-hybridized carbons (Fsp3) is 0.391. The molecule has 56 heavy (non-hydrogen) atoms. The number of nitrogens with zero attached hydrogens (tertiary/aromatic N) is 2. The van der Waals surface area contributed by atoms with Crippen molar-refractivity contribution in [3.8, 4) is 11.5 Å². The van der Waals surface area contributed by atoms with Crippen molar-refractivity contribution in [2.24, 2.45) is 11.8 Å². The molecule has 0 radical (unpaired) electrons. The van der Waals surface area contributed by atoms with Gasteiger partial charge in [0, 0.05) is 75.8 Å². The Kier molecular flexibility index (Phi) is 15.5. The van der Waals surface area contributed by atoms with Gasteiger partial charge in [0.25, 0.3) is 0 Å². The lowest BCUT2D eigenvalue weighted by molar-refractivity contribution is -0.132. The standard InChI is InChI=1S/2C23H26ClNO3/c2*1-16(26)25-12-11-23(18-5-9-22(28-2)10-6-18)19(15-25)14-21(27)13-17-3-7-20(24)8-4-17/h2*3-10,19,23H,11-15H2,1-2H3. The van der Waals surface area contributed by atoms with Crippen molar-refractivity contribution in [1.29, 1.82) is 0 Å². The van der Waals surface area contributed by atoms with Gasteiger partial charge < -0.3 is 19.3 Å². The van der Waals surface area contributed by atoms with Crippen molar-refractivity contribution < 1.29 is 28.7 Å². The molecular weight excluding hydrogens is 747 g/mol. The number of ketones is 2. The number of hydrogen-bond donors (Lipinski definition) is 0. The predicted octanol–water partition coefficient (Wildman–Crippen LogP) is 9.01. The average molecular weight is 800 g/mol. The maximum absolute atomic E-state index is 12.8. The number of halogens is 2. The van der Waals surface area contributed by atoms with Crippen LogP contribution in [0.4, 0.5) is 0 Å². The number of piperidine rings is 2. The molecule has 2 amide bonds. The van der Waals surface area contributed by atoms with Crippen LogP contribution >= 0.6 is 23.2 Å². The van der Waals surface area contributed by atoms with Crippen LogP contribution in [-0.2, 0) is 32.0 Å². The number of rotatable bonds is 12. The summed E-state index contributed by atoms with van der Waals surface area (Å²) in [4.78, 5) is 53.0. The van der Waals surface area contributed by atoms with Crippen LogP contribution in [0.25, 0.3) is 0 Å². The molecular formula is C46H52Cl2N2O6. The molecule has 2 aliphatic rings. The zero-order valence-corrected chi connectivity index (χ0v) is 34.2. The zero-order chi connectivity index (χ0) is 40.2. The van der Waals surface area contributed by atoms with Gasteiger partial charge in [0.05, 0.1) is 14.2 Å². The first-order valence-electron chi connectivity index (χ1n) is 19.2. The minimum Gasteiger partial charge on any atom is -0.497 e. The second-order valence-electron chi connectivity index (χ2n) is 14.9. The van der Waals surface area contributed by atoms with Crippen molar-refractivity contribution in [2.75, 3.05) is 40.4 Å². The van der Waals surface area contributed by atoms with E-state index in [1.165, 1.54) is 11.1 Å². The Bertz CT molecular complexity index is 1770. The summed E-state index contributed by atoms with van der Waals surface area (Å²) in [5.41, 5.74) is 4.34. The molecule has 0 spiro atoms. The molecule has 2 heterocycles. The van der Waals surface area contributed by atoms with E-state index in [-0.39, 0.29) is 47.1 Å². The molecule has 8 nitrogen and oxygen atoms in total. The molecule has 4 unspecified atom stereocenters. The monoisotopic (exact) mass is 798 g/mol. The van der Waals surface area contributed by atoms with Crippen LogP contribution in [0.2, 0.25) is 10.0 Å². The van der Waals surface area contributed by atoms with Gasteiger partial charge in [-0.1, -0.05) is 71.7 Å². The number of carbonyl (C=O) groups is 4. The number of hydrogen-bond acceptors (Lipinski definition) is 6. The highest BCUT2D eigenvalue weighted by atomic mass is 35.5. The number of benzene rings is 4. The molecule has 4 atom stereocenters. The van der Waals surface area contributed by atoms with Crippen molar-refractivity contribution in [1.82, 2.24) is 9.80 Å². The lowest BCUT2D eigenvalue weighted by Crippen LogP contribution is -2.42. The van der Waals surface area contributed by atoms with Crippen LogP contribution in [0, 0.1) is 11.8 Å². The average Bonchev–Trinajstić information content (AvgIpc) is 3.20. The molecule has 2 fully saturated rings. The van der Waals surface area contributed by atoms with Crippen molar-refractivity contribution in [2.45, 2.75) is 64.2 Å². The zero-order valence-electron chi connectivity index (χ0n) is 32.7. The fourth-order valence-electron chi connectivity index (χ4n) is 8.02. The highest BCUT2D eigenvalue weighted by molar-refractivity contribution is 6.30. The van der Waals surface area contributed by atoms with E-state index >= 15 is 0 Å². The molecule has 0 N–H and O–H groups in total. The summed E-state index contributed by atoms with van der Waals surface area (Å²) >= 11 is 11.9. The number of methoxy groups -OCH3 is 2. The van der Waals surface area contributed by atoms with Crippen LogP contribution < -0.4 is 9.47 Å². The number of likely N-dealkylation sites (tertiary alicyclic amines) is 2. The summed E-state index contributed by atoms with van der Waals surface area (Å²) < 4.78 is 10.5. The molecule has 4 aromatic carbocycles. The lowest BCUT2D eigenvalue weighted by Gasteiger charge is -2.38. The summed E-state index contributed by atoms with van der Waals surface area (Å²) in [6.07, 6.45) is 3.44. The first-order chi connectivity index (χ1) is 26.9. The maximum atomic E-state index is 12.8. The summed E-state index contributed by atoms with van der Waals surface area (Å²) in [7, 11) is 3.30. The normalized spacial score (nSPS) is 19.3. The number of ether oxygens (including phenoxy) is 2. The summed E-state index contributed by atoms with van der Waals surface area (Å²) in [5, 5.41) is 1.33. The lowest BCUT2D eigenvalue weighted by atomic mass is 9.77. The molecule has 2 aliphatic heterocycles. The molecule has 2 saturated heterocycles. The molecule has 0 aliphatic carbocycles. The molecule has 4 aromatic rings. The molecule has 0 aromatic heterocycles. The minimum absolute atomic E-state index is 0.0725. The molecule has 6 rings (SSSR count). The van der Waals surface area contributed by atoms with Gasteiger partial charge in [0.15, 0.2) is 0 Å². The van der Waals surface area contributed by atoms with Gasteiger partial charge in [-0.2, -0.15) is 0 Å². The summed E-state index contributed by atoms with van der Waals surface area (Å²) in [6.45, 7) is 5.90. The third kappa shape index (κ3) is 12.2. The van der Waals surface area contributed by atoms with E-state index in [9.17, 15) is 19.2 Å². The van der Waals surface area contributed by atoms with Gasteiger partial charge >= 0.3 is 0 Å². The second-order valence-corrected chi connectivity index (χ2v) is 15.8. The van der Waals surface area contributed by atoms with E-state index in [0.717, 1.165) is 48.6 Å². The SMILES string of the molecule is COc1ccc(C2CCN(C(C)=O)CC2CC(=O)Cc2ccc(Cl)cc2)cc1.COc1ccc(C2CCN(C(C)=O)CC2CC(=O)Cc2ccc(Cl)cc2)cc1. The van der Waals surface area contributed by atoms with E-state index in [0.29, 0.717) is 48.8 Å². The van der Waals surface area contributed by atoms with Gasteiger partial charge in [0.2, 0.25) is 11.8 Å². The summed E-state index contributed by atoms with van der Waals surface area (Å²) in [5.74, 6) is 2.92. The molecule has 10 heteroatoms. The Morgan fingerprint density at radius 3 is 1.20 bits per heavy atom. The fourth-order valence-corrected chi connectivity index (χ4v) is 8.27. The largest absolute Gasteiger partial charge is 0.497 e. The van der Waals surface area contributed by atoms with Crippen molar-refractivity contribution >= 4 is 46.6 Å². The highest BCUT2D eigenvalue weighted by Crippen LogP contribution is 2.38. The van der Waals surface area contributed by atoms with Crippen LogP contribution in [0.3, 0.4) is 0 Å². The molecule has 0 bridgehead atoms. The third-order valence-electron chi connectivity index (χ3n) is 11.1. The summed E-state index contributed by atoms with van der Waals surface area (Å²) in [6, 6.07) is 30.9. The van der Waals surface area contributed by atoms with Crippen LogP contribution in [0.1, 0.15) is 73.6 Å². The Hall–Kier alpha value is -4.66. The molecule has 0 saturated carbocycles. The van der Waals surface area contributed by atoms with Gasteiger partial charge in [0.1, 0.15) is 23.1 Å². The van der Waals surface area contributed by atoms with Crippen molar-refractivity contribution in [3.05, 3.63) is 129 Å². The van der Waals surface area contributed by atoms with E-state index in [2.05, 4.69) is 24.3 Å². The second kappa shape index (κ2) is 20.5. The molecule has 296 valence electrons. The topological polar surface area (TPSA) is 93.2 Å². The Labute approximate surface area is 341 Å². The Morgan fingerprint density at radius 1 is 0.554 bits per heavy atom. The minimum atomic E-state index is 0.0725. The van der Waals surface area contributed by atoms with E-state index < -0.39 is 0 Å². The van der Waals surface area contributed by atoms with Gasteiger partial charge in [-0.05, 0) is 107 Å². The van der Waals surface area contributed by atoms with Gasteiger partial charge in [-0.3, -0.25) is 19.2 Å². The van der Waals surface area contributed by atoms with Gasteiger partial charge in [-0.25, -0.2) is 0 Å². The number of carbonyl (C=O) groups excluding carboxylic acids is 4. The van der Waals surface area contributed by atoms with E-state index in [1.54, 1.807) is 28.1 Å². The maximum Gasteiger partial charge on any atom is 0.219 e. The Balaban J connectivity index is 0.000000214. The van der Waals surface area contributed by atoms with Crippen molar-refractivity contribution in [3.63, 3.8) is 0 Å². The number of amides is 2. The van der Waals surface area contributed by atoms with E-state index in [4.69, 9.17) is 32.7 Å². The third-order valence-corrected chi connectivity index (χ3v) is 11.6. The predicted molar refractivity (Wildman–Crippen MR) is 222 cm³/mol. The quantitative estimate of drug-likeness (QED) is 0.142. The smallest absolute Gasteiger partial charge is 0.219 e. The van der Waals surface area contributed by atoms with E-state index in [1.807, 2.05) is 82.6 Å². The first-order valence-corrected chi connectivity index (χ1v) is 20.0. The van der Waals surface area contributed by atoms with Crippen LogP contribution in [0.5, 0.6) is 11.5 Å². The number of Topliss-reactive ketones (excluding diaryl/α,β-unsaturated/α-hetero) is 2. The van der Waals surface area contributed by atoms with Gasteiger partial charge in [-0.15, -0.1) is 0 Å². The Morgan fingerprint density at radius 2 is 0.893 bits per heavy atom. The first kappa shape index (κ1) is 42.5.